The molecule has 124 valence electrons. The summed E-state index contributed by atoms with van der Waals surface area (Å²) < 4.78 is 21.1. The summed E-state index contributed by atoms with van der Waals surface area (Å²) in [6.07, 6.45) is -0.0758. The van der Waals surface area contributed by atoms with Crippen LogP contribution in [0.25, 0.3) is 0 Å². The van der Waals surface area contributed by atoms with Gasteiger partial charge in [0.15, 0.2) is 5.79 Å². The van der Waals surface area contributed by atoms with Crippen molar-refractivity contribution >= 4 is 34.9 Å². The minimum Gasteiger partial charge on any atom is -0.466 e. The van der Waals surface area contributed by atoms with Crippen molar-refractivity contribution in [2.24, 2.45) is 0 Å². The topological polar surface area (TPSA) is 53.5 Å². The maximum atomic E-state index is 6.14. The zero-order valence-corrected chi connectivity index (χ0v) is 15.2. The lowest BCUT2D eigenvalue weighted by Crippen LogP contribution is -2.25. The fourth-order valence-electron chi connectivity index (χ4n) is 2.08. The van der Waals surface area contributed by atoms with Crippen molar-refractivity contribution in [1.82, 2.24) is 9.36 Å². The highest BCUT2D eigenvalue weighted by Crippen LogP contribution is 2.28. The van der Waals surface area contributed by atoms with Gasteiger partial charge in [0.2, 0.25) is 5.16 Å². The lowest BCUT2D eigenvalue weighted by molar-refractivity contribution is -0.141. The molecule has 0 spiro atoms. The standard InChI is InChI=1S/C15H17ClN2O3S2/c1-15(2)20-8-11(21-15)7-19-14-17-13(18-23-14)22-9-10-5-3-4-6-12(10)16/h3-6,11H,7-9H2,1-2H3. The second-order valence-corrected chi connectivity index (χ2v) is 7.55. The molecule has 3 rings (SSSR count). The first-order valence-electron chi connectivity index (χ1n) is 7.16. The van der Waals surface area contributed by atoms with Gasteiger partial charge in [-0.1, -0.05) is 41.6 Å². The van der Waals surface area contributed by atoms with E-state index in [-0.39, 0.29) is 6.10 Å². The van der Waals surface area contributed by atoms with Gasteiger partial charge in [-0.2, -0.15) is 9.36 Å². The quantitative estimate of drug-likeness (QED) is 0.714. The lowest BCUT2D eigenvalue weighted by Gasteiger charge is -2.16. The predicted molar refractivity (Wildman–Crippen MR) is 91.3 cm³/mol. The maximum Gasteiger partial charge on any atom is 0.294 e. The van der Waals surface area contributed by atoms with Gasteiger partial charge in [0.25, 0.3) is 5.19 Å². The maximum absolute atomic E-state index is 6.14. The highest BCUT2D eigenvalue weighted by atomic mass is 35.5. The predicted octanol–water partition coefficient (Wildman–Crippen LogP) is 4.01. The summed E-state index contributed by atoms with van der Waals surface area (Å²) in [5.74, 6) is 0.189. The molecule has 5 nitrogen and oxygen atoms in total. The number of ether oxygens (including phenoxy) is 3. The lowest BCUT2D eigenvalue weighted by atomic mass is 10.2. The number of nitrogens with zero attached hydrogens (tertiary/aromatic N) is 2. The second kappa shape index (κ2) is 7.36. The number of thioether (sulfide) groups is 1. The number of rotatable bonds is 6. The minimum atomic E-state index is -0.537. The van der Waals surface area contributed by atoms with Crippen LogP contribution in [0.2, 0.25) is 5.02 Å². The molecular weight excluding hydrogens is 356 g/mol. The fourth-order valence-corrected chi connectivity index (χ4v) is 3.87. The van der Waals surface area contributed by atoms with Gasteiger partial charge in [-0.05, 0) is 25.5 Å². The van der Waals surface area contributed by atoms with Crippen LogP contribution in [-0.4, -0.2) is 34.5 Å². The normalized spacial score (nSPS) is 19.9. The van der Waals surface area contributed by atoms with E-state index in [1.54, 1.807) is 0 Å². The number of aromatic nitrogens is 2. The van der Waals surface area contributed by atoms with Gasteiger partial charge in [-0.25, -0.2) is 0 Å². The zero-order valence-electron chi connectivity index (χ0n) is 12.8. The number of benzene rings is 1. The number of hydrogen-bond acceptors (Lipinski definition) is 7. The Balaban J connectivity index is 1.48. The fraction of sp³-hybridized carbons (Fsp3) is 0.467. The van der Waals surface area contributed by atoms with E-state index >= 15 is 0 Å². The third-order valence-corrected chi connectivity index (χ3v) is 5.17. The Hall–Kier alpha value is -0.860. The van der Waals surface area contributed by atoms with Crippen LogP contribution in [0.3, 0.4) is 0 Å². The molecular formula is C15H17ClN2O3S2. The molecule has 0 radical (unpaired) electrons. The average molecular weight is 373 g/mol. The summed E-state index contributed by atoms with van der Waals surface area (Å²) in [4.78, 5) is 4.36. The molecule has 23 heavy (non-hydrogen) atoms. The van der Waals surface area contributed by atoms with Crippen molar-refractivity contribution in [3.05, 3.63) is 34.9 Å². The molecule has 0 aliphatic carbocycles. The van der Waals surface area contributed by atoms with Gasteiger partial charge in [0.1, 0.15) is 12.7 Å². The summed E-state index contributed by atoms with van der Waals surface area (Å²) in [6.45, 7) is 4.72. The molecule has 0 N–H and O–H groups in total. The summed E-state index contributed by atoms with van der Waals surface area (Å²) in [5, 5.41) is 1.99. The SMILES string of the molecule is CC1(C)OCC(COc2nc(SCc3ccccc3Cl)ns2)O1. The molecule has 1 aromatic heterocycles. The Morgan fingerprint density at radius 3 is 3.00 bits per heavy atom. The van der Waals surface area contributed by atoms with Crippen LogP contribution in [-0.2, 0) is 15.2 Å². The monoisotopic (exact) mass is 372 g/mol. The first-order valence-corrected chi connectivity index (χ1v) is 9.30. The highest BCUT2D eigenvalue weighted by molar-refractivity contribution is 7.98. The van der Waals surface area contributed by atoms with Crippen LogP contribution >= 0.6 is 34.9 Å². The van der Waals surface area contributed by atoms with E-state index < -0.39 is 5.79 Å². The first-order chi connectivity index (χ1) is 11.0. The molecule has 0 bridgehead atoms. The van der Waals surface area contributed by atoms with Crippen molar-refractivity contribution in [1.29, 1.82) is 0 Å². The Morgan fingerprint density at radius 1 is 1.43 bits per heavy atom. The van der Waals surface area contributed by atoms with Crippen molar-refractivity contribution in [2.45, 2.75) is 36.6 Å². The van der Waals surface area contributed by atoms with E-state index in [0.717, 1.165) is 16.3 Å². The van der Waals surface area contributed by atoms with Gasteiger partial charge >= 0.3 is 0 Å². The van der Waals surface area contributed by atoms with Crippen LogP contribution in [0.15, 0.2) is 29.4 Å². The Labute approximate surface area is 148 Å². The van der Waals surface area contributed by atoms with Crippen LogP contribution in [0.5, 0.6) is 5.19 Å². The van der Waals surface area contributed by atoms with E-state index in [4.69, 9.17) is 25.8 Å². The van der Waals surface area contributed by atoms with Gasteiger partial charge in [0, 0.05) is 22.3 Å². The molecule has 1 unspecified atom stereocenters. The van der Waals surface area contributed by atoms with Gasteiger partial charge in [-0.3, -0.25) is 0 Å². The summed E-state index contributed by atoms with van der Waals surface area (Å²) in [7, 11) is 0. The molecule has 1 aromatic carbocycles. The largest absolute Gasteiger partial charge is 0.466 e. The van der Waals surface area contributed by atoms with Crippen LogP contribution in [0.4, 0.5) is 0 Å². The van der Waals surface area contributed by atoms with Crippen molar-refractivity contribution < 1.29 is 14.2 Å². The number of hydrogen-bond donors (Lipinski definition) is 0. The van der Waals surface area contributed by atoms with Crippen molar-refractivity contribution in [3.63, 3.8) is 0 Å². The molecule has 1 aliphatic rings. The Kier molecular flexibility index (Phi) is 5.43. The highest BCUT2D eigenvalue weighted by Gasteiger charge is 2.33. The molecule has 1 atom stereocenters. The van der Waals surface area contributed by atoms with E-state index in [9.17, 15) is 0 Å². The minimum absolute atomic E-state index is 0.0758. The molecule has 2 aromatic rings. The molecule has 0 amide bonds. The number of halogens is 1. The zero-order chi connectivity index (χ0) is 16.3. The van der Waals surface area contributed by atoms with E-state index in [2.05, 4.69) is 9.36 Å². The third kappa shape index (κ3) is 4.81. The third-order valence-electron chi connectivity index (χ3n) is 3.16. The Morgan fingerprint density at radius 2 is 2.26 bits per heavy atom. The molecule has 0 saturated carbocycles. The Bertz CT molecular complexity index is 666. The smallest absolute Gasteiger partial charge is 0.294 e. The second-order valence-electron chi connectivity index (χ2n) is 5.48. The van der Waals surface area contributed by atoms with Crippen LogP contribution < -0.4 is 4.74 Å². The summed E-state index contributed by atoms with van der Waals surface area (Å²) in [6, 6.07) is 7.76. The van der Waals surface area contributed by atoms with E-state index in [0.29, 0.717) is 23.6 Å². The summed E-state index contributed by atoms with van der Waals surface area (Å²) >= 11 is 8.91. The van der Waals surface area contributed by atoms with Gasteiger partial charge in [-0.15, -0.1) is 0 Å². The van der Waals surface area contributed by atoms with E-state index in [1.165, 1.54) is 23.3 Å². The van der Waals surface area contributed by atoms with Crippen LogP contribution in [0, 0.1) is 0 Å². The van der Waals surface area contributed by atoms with Crippen molar-refractivity contribution in [3.8, 4) is 5.19 Å². The van der Waals surface area contributed by atoms with E-state index in [1.807, 2.05) is 38.1 Å². The summed E-state index contributed by atoms with van der Waals surface area (Å²) in [5.41, 5.74) is 1.06. The first kappa shape index (κ1) is 17.0. The molecule has 1 saturated heterocycles. The van der Waals surface area contributed by atoms with Gasteiger partial charge in [0.05, 0.1) is 6.61 Å². The molecule has 2 heterocycles. The molecule has 1 aliphatic heterocycles. The average Bonchev–Trinajstić information content (AvgIpc) is 3.10. The van der Waals surface area contributed by atoms with Crippen molar-refractivity contribution in [2.75, 3.05) is 13.2 Å². The van der Waals surface area contributed by atoms with Crippen LogP contribution in [0.1, 0.15) is 19.4 Å². The molecule has 8 heteroatoms. The van der Waals surface area contributed by atoms with Gasteiger partial charge < -0.3 is 14.2 Å². The molecule has 1 fully saturated rings.